The van der Waals surface area contributed by atoms with E-state index in [1.165, 1.54) is 0 Å². The van der Waals surface area contributed by atoms with Crippen LogP contribution in [0.4, 0.5) is 0 Å². The second-order valence-electron chi connectivity index (χ2n) is 3.44. The van der Waals surface area contributed by atoms with Crippen LogP contribution in [-0.2, 0) is 54.9 Å². The van der Waals surface area contributed by atoms with Gasteiger partial charge in [0.2, 0.25) is 0 Å². The average molecular weight is 335 g/mol. The number of likely N-dealkylation sites (N-methyl/N-ethyl adjacent to an activating group) is 1. The topological polar surface area (TPSA) is 58.2 Å². The molecule has 1 atom stereocenters. The van der Waals surface area contributed by atoms with Crippen molar-refractivity contribution < 1.29 is 42.3 Å². The number of amides is 1. The van der Waals surface area contributed by atoms with Crippen LogP contribution in [0.15, 0.2) is 0 Å². The van der Waals surface area contributed by atoms with E-state index in [1.54, 1.807) is 14.0 Å². The first-order valence-corrected chi connectivity index (χ1v) is 5.72. The molecule has 1 unspecified atom stereocenters. The van der Waals surface area contributed by atoms with E-state index in [0.29, 0.717) is 6.54 Å². The van der Waals surface area contributed by atoms with Gasteiger partial charge < -0.3 is 30.7 Å². The Kier molecular flexibility index (Phi) is 19.5. The molecule has 0 aromatic carbocycles. The summed E-state index contributed by atoms with van der Waals surface area (Å²) in [6, 6.07) is -0.0559. The van der Waals surface area contributed by atoms with Gasteiger partial charge in [-0.25, -0.2) is 0 Å². The standard InChI is InChI=1S/C10H20N2O2S.CH3.Y/c1-8(13)9(11-2)5-3-4-6-12-10(14)7-15;;/h9,11,15H,3-7H2,1-2H3,(H,12,14);1H3;/q;-1;/p-1. The summed E-state index contributed by atoms with van der Waals surface area (Å²) in [5.41, 5.74) is 0. The van der Waals surface area contributed by atoms with E-state index in [2.05, 4.69) is 23.3 Å². The van der Waals surface area contributed by atoms with Crippen molar-refractivity contribution in [1.29, 1.82) is 0 Å². The Hall–Kier alpha value is 0.554. The van der Waals surface area contributed by atoms with Crippen molar-refractivity contribution in [3.8, 4) is 0 Å². The molecule has 0 aliphatic rings. The van der Waals surface area contributed by atoms with Crippen LogP contribution in [-0.4, -0.2) is 37.1 Å². The molecule has 0 bridgehead atoms. The quantitative estimate of drug-likeness (QED) is 0.384. The number of carbonyl (C=O) groups excluding carboxylic acids is 2. The molecule has 0 saturated carbocycles. The Labute approximate surface area is 135 Å². The largest absolute Gasteiger partial charge is 0.783 e. The number of ketones is 1. The Morgan fingerprint density at radius 1 is 1.29 bits per heavy atom. The molecule has 6 heteroatoms. The zero-order valence-electron chi connectivity index (χ0n) is 10.9. The molecule has 0 aliphatic heterocycles. The van der Waals surface area contributed by atoms with E-state index in [0.717, 1.165) is 19.3 Å². The number of hydrogen-bond donors (Lipinski definition) is 2. The van der Waals surface area contributed by atoms with Crippen molar-refractivity contribution in [2.75, 3.05) is 19.3 Å². The second-order valence-corrected chi connectivity index (χ2v) is 3.73. The maximum absolute atomic E-state index is 11.0. The molecule has 0 aromatic heterocycles. The molecule has 0 saturated heterocycles. The summed E-state index contributed by atoms with van der Waals surface area (Å²) in [4.78, 5) is 21.8. The second kappa shape index (κ2) is 14.6. The Morgan fingerprint density at radius 2 is 1.88 bits per heavy atom. The smallest absolute Gasteiger partial charge is 0.195 e. The summed E-state index contributed by atoms with van der Waals surface area (Å²) in [6.07, 6.45) is 2.62. The van der Waals surface area contributed by atoms with Gasteiger partial charge in [0.1, 0.15) is 5.78 Å². The molecule has 4 nitrogen and oxygen atoms in total. The number of hydrogen-bond acceptors (Lipinski definition) is 4. The molecule has 2 N–H and O–H groups in total. The Balaban J connectivity index is -0.000000980. The maximum atomic E-state index is 11.0. The minimum atomic E-state index is -0.0956. The predicted molar refractivity (Wildman–Crippen MR) is 69.0 cm³/mol. The van der Waals surface area contributed by atoms with Gasteiger partial charge in [-0.3, -0.25) is 9.59 Å². The van der Waals surface area contributed by atoms with Crippen molar-refractivity contribution in [2.45, 2.75) is 32.2 Å². The third-order valence-electron chi connectivity index (χ3n) is 2.21. The fourth-order valence-corrected chi connectivity index (χ4v) is 1.41. The van der Waals surface area contributed by atoms with Gasteiger partial charge >= 0.3 is 0 Å². The summed E-state index contributed by atoms with van der Waals surface area (Å²) in [7, 11) is 1.78. The molecule has 0 fully saturated rings. The monoisotopic (exact) mass is 335 g/mol. The van der Waals surface area contributed by atoms with Crippen LogP contribution in [0.3, 0.4) is 0 Å². The summed E-state index contributed by atoms with van der Waals surface area (Å²) in [6.45, 7) is 2.23. The van der Waals surface area contributed by atoms with E-state index in [4.69, 9.17) is 0 Å². The van der Waals surface area contributed by atoms with Crippen LogP contribution in [0.5, 0.6) is 0 Å². The van der Waals surface area contributed by atoms with Gasteiger partial charge in [-0.1, -0.05) is 5.75 Å². The summed E-state index contributed by atoms with van der Waals surface area (Å²) in [5, 5.41) is 5.66. The number of Topliss-reactive ketones (excluding diaryl/α,β-unsaturated/α-hetero) is 1. The third-order valence-corrected chi connectivity index (χ3v) is 2.47. The van der Waals surface area contributed by atoms with Crippen molar-refractivity contribution in [1.82, 2.24) is 10.6 Å². The van der Waals surface area contributed by atoms with Crippen molar-refractivity contribution >= 4 is 24.3 Å². The predicted octanol–water partition coefficient (Wildman–Crippen LogP) is 0.445. The molecule has 99 valence electrons. The molecular weight excluding hydrogens is 313 g/mol. The molecule has 0 heterocycles. The first kappa shape index (κ1) is 22.7. The van der Waals surface area contributed by atoms with E-state index in [9.17, 15) is 9.59 Å². The number of unbranched alkanes of at least 4 members (excludes halogenated alkanes) is 1. The van der Waals surface area contributed by atoms with Gasteiger partial charge in [-0.05, 0) is 33.2 Å². The number of rotatable bonds is 8. The van der Waals surface area contributed by atoms with E-state index < -0.39 is 0 Å². The summed E-state index contributed by atoms with van der Waals surface area (Å²) >= 11 is 4.58. The SMILES string of the molecule is CNC(CCCCNC(=O)C[S-])C(C)=O.[CH3-].[Y]. The van der Waals surface area contributed by atoms with Gasteiger partial charge in [0.15, 0.2) is 5.91 Å². The van der Waals surface area contributed by atoms with Crippen molar-refractivity contribution in [3.63, 3.8) is 0 Å². The molecule has 1 radical (unpaired) electrons. The van der Waals surface area contributed by atoms with Crippen LogP contribution < -0.4 is 10.6 Å². The number of nitrogens with one attached hydrogen (secondary N) is 2. The Bertz CT molecular complexity index is 216. The van der Waals surface area contributed by atoms with E-state index >= 15 is 0 Å². The number of carbonyl (C=O) groups is 2. The Morgan fingerprint density at radius 3 is 2.29 bits per heavy atom. The molecule has 1 amide bonds. The van der Waals surface area contributed by atoms with Crippen LogP contribution >= 0.6 is 0 Å². The van der Waals surface area contributed by atoms with Crippen molar-refractivity contribution in [2.24, 2.45) is 0 Å². The fourth-order valence-electron chi connectivity index (χ4n) is 1.30. The minimum absolute atomic E-state index is 0. The van der Waals surface area contributed by atoms with Gasteiger partial charge in [0.25, 0.3) is 0 Å². The third kappa shape index (κ3) is 12.8. The first-order chi connectivity index (χ1) is 7.11. The molecular formula is C11H22N2O2SY-2. The molecule has 0 spiro atoms. The van der Waals surface area contributed by atoms with Gasteiger partial charge in [0.05, 0.1) is 6.04 Å². The van der Waals surface area contributed by atoms with Gasteiger partial charge in [-0.2, -0.15) is 0 Å². The fraction of sp³-hybridized carbons (Fsp3) is 0.727. The molecule has 17 heavy (non-hydrogen) atoms. The average Bonchev–Trinajstić information content (AvgIpc) is 2.22. The molecule has 0 aromatic rings. The molecule has 0 rings (SSSR count). The van der Waals surface area contributed by atoms with Crippen LogP contribution in [0, 0.1) is 7.43 Å². The van der Waals surface area contributed by atoms with Gasteiger partial charge in [-0.15, -0.1) is 0 Å². The minimum Gasteiger partial charge on any atom is -0.783 e. The maximum Gasteiger partial charge on any atom is 0.195 e. The molecule has 0 aliphatic carbocycles. The van der Waals surface area contributed by atoms with E-state index in [1.807, 2.05) is 0 Å². The zero-order valence-corrected chi connectivity index (χ0v) is 14.6. The van der Waals surface area contributed by atoms with E-state index in [-0.39, 0.29) is 63.6 Å². The van der Waals surface area contributed by atoms with Crippen LogP contribution in [0.2, 0.25) is 0 Å². The van der Waals surface area contributed by atoms with Gasteiger partial charge in [0, 0.05) is 39.3 Å². The summed E-state index contributed by atoms with van der Waals surface area (Å²) < 4.78 is 0. The summed E-state index contributed by atoms with van der Waals surface area (Å²) in [5.74, 6) is 0.181. The van der Waals surface area contributed by atoms with Crippen LogP contribution in [0.1, 0.15) is 26.2 Å². The zero-order chi connectivity index (χ0) is 11.7. The normalized spacial score (nSPS) is 10.8. The van der Waals surface area contributed by atoms with Crippen molar-refractivity contribution in [3.05, 3.63) is 7.43 Å². The van der Waals surface area contributed by atoms with Crippen LogP contribution in [0.25, 0.3) is 0 Å². The first-order valence-electron chi connectivity index (χ1n) is 5.14.